The second-order valence-corrected chi connectivity index (χ2v) is 5.15. The zero-order valence-corrected chi connectivity index (χ0v) is 12.7. The Morgan fingerprint density at radius 3 is 2.55 bits per heavy atom. The van der Waals surface area contributed by atoms with Crippen molar-refractivity contribution in [1.29, 1.82) is 0 Å². The minimum atomic E-state index is -0.467. The Labute approximate surface area is 130 Å². The van der Waals surface area contributed by atoms with Gasteiger partial charge in [0.15, 0.2) is 0 Å². The first-order valence-corrected chi connectivity index (χ1v) is 7.20. The summed E-state index contributed by atoms with van der Waals surface area (Å²) in [6.07, 6.45) is -0.0136. The van der Waals surface area contributed by atoms with E-state index in [0.29, 0.717) is 5.88 Å². The largest absolute Gasteiger partial charge is 0.475 e. The van der Waals surface area contributed by atoms with Crippen molar-refractivity contribution >= 4 is 5.91 Å². The van der Waals surface area contributed by atoms with E-state index in [0.717, 1.165) is 5.56 Å². The molecule has 5 nitrogen and oxygen atoms in total. The predicted octanol–water partition coefficient (Wildman–Crippen LogP) is 2.33. The van der Waals surface area contributed by atoms with Gasteiger partial charge in [-0.3, -0.25) is 4.79 Å². The monoisotopic (exact) mass is 300 g/mol. The molecule has 1 amide bonds. The quantitative estimate of drug-likeness (QED) is 0.859. The zero-order valence-electron chi connectivity index (χ0n) is 12.7. The van der Waals surface area contributed by atoms with E-state index in [9.17, 15) is 9.90 Å². The molecule has 0 saturated heterocycles. The highest BCUT2D eigenvalue weighted by molar-refractivity contribution is 5.92. The van der Waals surface area contributed by atoms with E-state index >= 15 is 0 Å². The summed E-state index contributed by atoms with van der Waals surface area (Å²) in [6, 6.07) is 13.9. The molecule has 5 heteroatoms. The lowest BCUT2D eigenvalue weighted by atomic mass is 10.1. The van der Waals surface area contributed by atoms with Gasteiger partial charge in [0.25, 0.3) is 5.91 Å². The molecule has 1 aromatic carbocycles. The van der Waals surface area contributed by atoms with Crippen LogP contribution in [0.3, 0.4) is 0 Å². The molecule has 2 aromatic rings. The number of hydrogen-bond acceptors (Lipinski definition) is 4. The van der Waals surface area contributed by atoms with Crippen LogP contribution in [-0.4, -0.2) is 28.7 Å². The molecule has 0 aliphatic heterocycles. The van der Waals surface area contributed by atoms with Crippen molar-refractivity contribution in [1.82, 2.24) is 10.3 Å². The summed E-state index contributed by atoms with van der Waals surface area (Å²) in [5.41, 5.74) is 1.10. The third-order valence-corrected chi connectivity index (χ3v) is 3.00. The van der Waals surface area contributed by atoms with Crippen LogP contribution >= 0.6 is 0 Å². The molecule has 0 bridgehead atoms. The summed E-state index contributed by atoms with van der Waals surface area (Å²) >= 11 is 0. The molecule has 0 spiro atoms. The topological polar surface area (TPSA) is 71.5 Å². The van der Waals surface area contributed by atoms with Crippen molar-refractivity contribution in [3.63, 3.8) is 0 Å². The molecule has 0 aliphatic rings. The number of rotatable bonds is 6. The summed E-state index contributed by atoms with van der Waals surface area (Å²) in [5.74, 6) is 0.0556. The second-order valence-electron chi connectivity index (χ2n) is 5.15. The number of pyridine rings is 1. The average molecular weight is 300 g/mol. The normalized spacial score (nSPS) is 12.0. The van der Waals surface area contributed by atoms with E-state index in [1.165, 1.54) is 0 Å². The van der Waals surface area contributed by atoms with Crippen molar-refractivity contribution in [2.45, 2.75) is 26.0 Å². The molecule has 1 aromatic heterocycles. The summed E-state index contributed by atoms with van der Waals surface area (Å²) in [6.45, 7) is 3.61. The van der Waals surface area contributed by atoms with E-state index in [-0.39, 0.29) is 24.3 Å². The molecule has 0 aliphatic carbocycles. The number of aliphatic hydroxyl groups excluding tert-OH is 1. The highest BCUT2D eigenvalue weighted by Gasteiger charge is 2.16. The minimum absolute atomic E-state index is 0.0136. The smallest absolute Gasteiger partial charge is 0.270 e. The Bertz CT molecular complexity index is 614. The lowest BCUT2D eigenvalue weighted by Crippen LogP contribution is -2.31. The maximum absolute atomic E-state index is 12.3. The molecule has 1 atom stereocenters. The van der Waals surface area contributed by atoms with Gasteiger partial charge in [0.1, 0.15) is 5.69 Å². The van der Waals surface area contributed by atoms with E-state index in [2.05, 4.69) is 10.3 Å². The Kier molecular flexibility index (Phi) is 5.49. The van der Waals surface area contributed by atoms with Crippen LogP contribution in [0.4, 0.5) is 0 Å². The molecule has 0 saturated carbocycles. The third-order valence-electron chi connectivity index (χ3n) is 3.00. The van der Waals surface area contributed by atoms with E-state index in [4.69, 9.17) is 4.74 Å². The van der Waals surface area contributed by atoms with Crippen LogP contribution in [0.1, 0.15) is 35.9 Å². The van der Waals surface area contributed by atoms with Crippen molar-refractivity contribution < 1.29 is 14.6 Å². The zero-order chi connectivity index (χ0) is 15.9. The third kappa shape index (κ3) is 4.30. The van der Waals surface area contributed by atoms with Gasteiger partial charge >= 0.3 is 0 Å². The SMILES string of the molecule is CC(C)Oc1cccc(C(=O)NC(CO)c2ccccc2)n1. The Balaban J connectivity index is 2.11. The lowest BCUT2D eigenvalue weighted by Gasteiger charge is -2.16. The van der Waals surface area contributed by atoms with Crippen LogP contribution in [0.25, 0.3) is 0 Å². The van der Waals surface area contributed by atoms with Gasteiger partial charge in [-0.15, -0.1) is 0 Å². The summed E-state index contributed by atoms with van der Waals surface area (Å²) < 4.78 is 5.48. The standard InChI is InChI=1S/C17H20N2O3/c1-12(2)22-16-10-6-9-14(18-16)17(21)19-15(11-20)13-7-4-3-5-8-13/h3-10,12,15,20H,11H2,1-2H3,(H,19,21). The van der Waals surface area contributed by atoms with Gasteiger partial charge in [0.05, 0.1) is 18.8 Å². The van der Waals surface area contributed by atoms with Crippen LogP contribution in [0.2, 0.25) is 0 Å². The Morgan fingerprint density at radius 2 is 1.91 bits per heavy atom. The number of ether oxygens (including phenoxy) is 1. The van der Waals surface area contributed by atoms with E-state index in [1.54, 1.807) is 18.2 Å². The van der Waals surface area contributed by atoms with Gasteiger partial charge in [0.2, 0.25) is 5.88 Å². The van der Waals surface area contributed by atoms with Gasteiger partial charge in [-0.2, -0.15) is 0 Å². The van der Waals surface area contributed by atoms with Gasteiger partial charge < -0.3 is 15.2 Å². The fourth-order valence-corrected chi connectivity index (χ4v) is 2.00. The molecule has 116 valence electrons. The van der Waals surface area contributed by atoms with Crippen LogP contribution in [0, 0.1) is 0 Å². The van der Waals surface area contributed by atoms with Gasteiger partial charge in [-0.25, -0.2) is 4.98 Å². The number of aromatic nitrogens is 1. The van der Waals surface area contributed by atoms with E-state index in [1.807, 2.05) is 44.2 Å². The highest BCUT2D eigenvalue weighted by atomic mass is 16.5. The molecular weight excluding hydrogens is 280 g/mol. The molecule has 0 radical (unpaired) electrons. The molecule has 1 unspecified atom stereocenters. The predicted molar refractivity (Wildman–Crippen MR) is 83.7 cm³/mol. The fraction of sp³-hybridized carbons (Fsp3) is 0.294. The first kappa shape index (κ1) is 16.0. The number of amides is 1. The lowest BCUT2D eigenvalue weighted by molar-refractivity contribution is 0.0909. The maximum atomic E-state index is 12.3. The van der Waals surface area contributed by atoms with Crippen molar-refractivity contribution in [3.8, 4) is 5.88 Å². The number of carbonyl (C=O) groups excluding carboxylic acids is 1. The second kappa shape index (κ2) is 7.56. The van der Waals surface area contributed by atoms with Gasteiger partial charge in [-0.05, 0) is 25.5 Å². The number of aliphatic hydroxyl groups is 1. The van der Waals surface area contributed by atoms with Crippen molar-refractivity contribution in [2.75, 3.05) is 6.61 Å². The summed E-state index contributed by atoms with van der Waals surface area (Å²) in [5, 5.41) is 12.3. The molecule has 2 N–H and O–H groups in total. The molecule has 2 rings (SSSR count). The van der Waals surface area contributed by atoms with Gasteiger partial charge in [-0.1, -0.05) is 36.4 Å². The Morgan fingerprint density at radius 1 is 1.18 bits per heavy atom. The van der Waals surface area contributed by atoms with E-state index < -0.39 is 6.04 Å². The molecule has 1 heterocycles. The van der Waals surface area contributed by atoms with Crippen LogP contribution < -0.4 is 10.1 Å². The minimum Gasteiger partial charge on any atom is -0.475 e. The summed E-state index contributed by atoms with van der Waals surface area (Å²) in [4.78, 5) is 16.5. The van der Waals surface area contributed by atoms with Crippen LogP contribution in [0.15, 0.2) is 48.5 Å². The number of hydrogen-bond donors (Lipinski definition) is 2. The van der Waals surface area contributed by atoms with Crippen LogP contribution in [0.5, 0.6) is 5.88 Å². The molecule has 22 heavy (non-hydrogen) atoms. The Hall–Kier alpha value is -2.40. The fourth-order valence-electron chi connectivity index (χ4n) is 2.00. The summed E-state index contributed by atoms with van der Waals surface area (Å²) in [7, 11) is 0. The number of nitrogens with one attached hydrogen (secondary N) is 1. The molecular formula is C17H20N2O3. The number of carbonyl (C=O) groups is 1. The van der Waals surface area contributed by atoms with Crippen LogP contribution in [-0.2, 0) is 0 Å². The maximum Gasteiger partial charge on any atom is 0.270 e. The first-order valence-electron chi connectivity index (χ1n) is 7.20. The molecule has 0 fully saturated rings. The van der Waals surface area contributed by atoms with Crippen molar-refractivity contribution in [3.05, 3.63) is 59.8 Å². The average Bonchev–Trinajstić information content (AvgIpc) is 2.53. The highest BCUT2D eigenvalue weighted by Crippen LogP contribution is 2.14. The van der Waals surface area contributed by atoms with Gasteiger partial charge in [0, 0.05) is 6.07 Å². The number of benzene rings is 1. The number of nitrogens with zero attached hydrogens (tertiary/aromatic N) is 1. The van der Waals surface area contributed by atoms with Crippen molar-refractivity contribution in [2.24, 2.45) is 0 Å². The first-order chi connectivity index (χ1) is 10.6.